The van der Waals surface area contributed by atoms with E-state index in [-0.39, 0.29) is 0 Å². The molecule has 1 heterocycles. The Hall–Kier alpha value is -0.300. The molecule has 0 aliphatic carbocycles. The maximum absolute atomic E-state index is 3.63. The molecular weight excluding hydrogens is 508 g/mol. The minimum Gasteiger partial charge on any atom is -0.354 e. The SMILES string of the molecule is CCC(I)CCC(I)CCc1cccc2c1[nH]c1ccccc12. The maximum atomic E-state index is 3.63. The van der Waals surface area contributed by atoms with E-state index in [1.54, 1.807) is 0 Å². The van der Waals surface area contributed by atoms with E-state index >= 15 is 0 Å². The summed E-state index contributed by atoms with van der Waals surface area (Å²) in [4.78, 5) is 3.63. The lowest BCUT2D eigenvalue weighted by Gasteiger charge is -2.12. The van der Waals surface area contributed by atoms with E-state index < -0.39 is 0 Å². The first kappa shape index (κ1) is 17.5. The molecular formula is C20H23I2N. The van der Waals surface area contributed by atoms with E-state index in [4.69, 9.17) is 0 Å². The first-order chi connectivity index (χ1) is 11.2. The largest absolute Gasteiger partial charge is 0.354 e. The van der Waals surface area contributed by atoms with Gasteiger partial charge >= 0.3 is 0 Å². The van der Waals surface area contributed by atoms with Gasteiger partial charge in [-0.05, 0) is 43.7 Å². The average Bonchev–Trinajstić information content (AvgIpc) is 2.97. The van der Waals surface area contributed by atoms with Gasteiger partial charge in [0.05, 0.1) is 0 Å². The summed E-state index contributed by atoms with van der Waals surface area (Å²) in [5.74, 6) is 0. The Morgan fingerprint density at radius 3 is 2.43 bits per heavy atom. The van der Waals surface area contributed by atoms with Crippen LogP contribution in [0.5, 0.6) is 0 Å². The number of rotatable bonds is 7. The predicted molar refractivity (Wildman–Crippen MR) is 119 cm³/mol. The Bertz CT molecular complexity index is 778. The summed E-state index contributed by atoms with van der Waals surface area (Å²) in [7, 11) is 0. The molecule has 2 atom stereocenters. The Morgan fingerprint density at radius 1 is 0.870 bits per heavy atom. The minimum absolute atomic E-state index is 0.774. The number of aromatic amines is 1. The smallest absolute Gasteiger partial charge is 0.0497 e. The first-order valence-corrected chi connectivity index (χ1v) is 10.9. The van der Waals surface area contributed by atoms with Gasteiger partial charge in [0, 0.05) is 29.7 Å². The predicted octanol–water partition coefficient (Wildman–Crippen LogP) is 7.05. The van der Waals surface area contributed by atoms with Crippen LogP contribution in [-0.2, 0) is 6.42 Å². The van der Waals surface area contributed by atoms with Crippen molar-refractivity contribution in [3.8, 4) is 0 Å². The lowest BCUT2D eigenvalue weighted by Crippen LogP contribution is -2.04. The third-order valence-electron chi connectivity index (χ3n) is 4.59. The highest BCUT2D eigenvalue weighted by atomic mass is 127. The van der Waals surface area contributed by atoms with Crippen molar-refractivity contribution in [3.63, 3.8) is 0 Å². The van der Waals surface area contributed by atoms with Gasteiger partial charge in [0.25, 0.3) is 0 Å². The number of aryl methyl sites for hydroxylation is 1. The normalized spacial score (nSPS) is 14.4. The van der Waals surface area contributed by atoms with Gasteiger partial charge in [0.15, 0.2) is 0 Å². The number of para-hydroxylation sites is 2. The molecule has 0 aliphatic heterocycles. The van der Waals surface area contributed by atoms with Crippen LogP contribution in [0.2, 0.25) is 0 Å². The first-order valence-electron chi connectivity index (χ1n) is 8.45. The molecule has 1 aromatic heterocycles. The number of nitrogens with one attached hydrogen (secondary N) is 1. The fourth-order valence-electron chi connectivity index (χ4n) is 3.16. The molecule has 0 fully saturated rings. The van der Waals surface area contributed by atoms with E-state index in [1.165, 1.54) is 53.1 Å². The molecule has 0 radical (unpaired) electrons. The van der Waals surface area contributed by atoms with Gasteiger partial charge in [-0.1, -0.05) is 88.5 Å². The van der Waals surface area contributed by atoms with E-state index in [9.17, 15) is 0 Å². The van der Waals surface area contributed by atoms with Gasteiger partial charge in [-0.25, -0.2) is 0 Å². The third kappa shape index (κ3) is 4.21. The van der Waals surface area contributed by atoms with Gasteiger partial charge in [0.2, 0.25) is 0 Å². The molecule has 0 saturated carbocycles. The van der Waals surface area contributed by atoms with Crippen molar-refractivity contribution in [2.45, 2.75) is 46.9 Å². The molecule has 2 unspecified atom stereocenters. The molecule has 0 amide bonds. The molecule has 23 heavy (non-hydrogen) atoms. The topological polar surface area (TPSA) is 15.8 Å². The number of aromatic nitrogens is 1. The molecule has 3 heteroatoms. The van der Waals surface area contributed by atoms with Gasteiger partial charge in [-0.2, -0.15) is 0 Å². The summed E-state index contributed by atoms with van der Waals surface area (Å²) in [5, 5.41) is 2.70. The molecule has 1 nitrogen and oxygen atoms in total. The quantitative estimate of drug-likeness (QED) is 0.249. The fourth-order valence-corrected chi connectivity index (χ4v) is 4.20. The number of benzene rings is 2. The summed E-state index contributed by atoms with van der Waals surface area (Å²) in [6.07, 6.45) is 6.40. The molecule has 2 aromatic carbocycles. The molecule has 1 N–H and O–H groups in total. The number of H-pyrrole nitrogens is 1. The molecule has 3 aromatic rings. The highest BCUT2D eigenvalue weighted by molar-refractivity contribution is 14.1. The van der Waals surface area contributed by atoms with Crippen molar-refractivity contribution in [2.75, 3.05) is 0 Å². The van der Waals surface area contributed by atoms with Crippen molar-refractivity contribution >= 4 is 67.0 Å². The highest BCUT2D eigenvalue weighted by Crippen LogP contribution is 2.29. The minimum atomic E-state index is 0.774. The van der Waals surface area contributed by atoms with Crippen LogP contribution in [0.15, 0.2) is 42.5 Å². The second kappa shape index (κ2) is 8.19. The van der Waals surface area contributed by atoms with Crippen LogP contribution in [0.4, 0.5) is 0 Å². The Morgan fingerprint density at radius 2 is 1.61 bits per heavy atom. The van der Waals surface area contributed by atoms with Crippen molar-refractivity contribution in [3.05, 3.63) is 48.0 Å². The van der Waals surface area contributed by atoms with Crippen molar-refractivity contribution in [1.29, 1.82) is 0 Å². The Kier molecular flexibility index (Phi) is 6.24. The van der Waals surface area contributed by atoms with Gasteiger partial charge < -0.3 is 4.98 Å². The lowest BCUT2D eigenvalue weighted by molar-refractivity contribution is 0.655. The zero-order valence-electron chi connectivity index (χ0n) is 13.5. The molecule has 0 bridgehead atoms. The van der Waals surface area contributed by atoms with Crippen molar-refractivity contribution < 1.29 is 0 Å². The summed E-state index contributed by atoms with van der Waals surface area (Å²) in [5.41, 5.74) is 4.04. The van der Waals surface area contributed by atoms with Crippen LogP contribution < -0.4 is 0 Å². The van der Waals surface area contributed by atoms with E-state index in [0.717, 1.165) is 14.3 Å². The van der Waals surface area contributed by atoms with Gasteiger partial charge in [-0.3, -0.25) is 0 Å². The highest BCUT2D eigenvalue weighted by Gasteiger charge is 2.11. The second-order valence-corrected chi connectivity index (χ2v) is 9.75. The molecule has 122 valence electrons. The van der Waals surface area contributed by atoms with Crippen LogP contribution in [0.1, 0.15) is 38.2 Å². The zero-order valence-corrected chi connectivity index (χ0v) is 17.8. The number of halogens is 2. The Labute approximate surface area is 165 Å². The summed E-state index contributed by atoms with van der Waals surface area (Å²) >= 11 is 5.23. The lowest BCUT2D eigenvalue weighted by atomic mass is 10.0. The van der Waals surface area contributed by atoms with Crippen molar-refractivity contribution in [2.24, 2.45) is 0 Å². The number of hydrogen-bond donors (Lipinski definition) is 1. The summed E-state index contributed by atoms with van der Waals surface area (Å²) < 4.78 is 1.61. The second-order valence-electron chi connectivity index (χ2n) is 6.23. The monoisotopic (exact) mass is 531 g/mol. The molecule has 0 aliphatic rings. The number of fused-ring (bicyclic) bond motifs is 3. The molecule has 3 rings (SSSR count). The van der Waals surface area contributed by atoms with Crippen LogP contribution in [-0.4, -0.2) is 12.8 Å². The fraction of sp³-hybridized carbons (Fsp3) is 0.400. The van der Waals surface area contributed by atoms with Crippen LogP contribution in [0.3, 0.4) is 0 Å². The van der Waals surface area contributed by atoms with Gasteiger partial charge in [0.1, 0.15) is 0 Å². The molecule has 0 saturated heterocycles. The number of hydrogen-bond acceptors (Lipinski definition) is 0. The zero-order chi connectivity index (χ0) is 16.2. The van der Waals surface area contributed by atoms with Crippen LogP contribution in [0, 0.1) is 0 Å². The van der Waals surface area contributed by atoms with Gasteiger partial charge in [-0.15, -0.1) is 0 Å². The van der Waals surface area contributed by atoms with Crippen molar-refractivity contribution in [1.82, 2.24) is 4.98 Å². The maximum Gasteiger partial charge on any atom is 0.0497 e. The Balaban J connectivity index is 1.73. The summed E-state index contributed by atoms with van der Waals surface area (Å²) in [6.45, 7) is 2.29. The van der Waals surface area contributed by atoms with E-state index in [0.29, 0.717) is 0 Å². The van der Waals surface area contributed by atoms with Crippen LogP contribution >= 0.6 is 45.2 Å². The number of alkyl halides is 2. The van der Waals surface area contributed by atoms with E-state index in [1.807, 2.05) is 0 Å². The van der Waals surface area contributed by atoms with E-state index in [2.05, 4.69) is 99.6 Å². The van der Waals surface area contributed by atoms with Crippen LogP contribution in [0.25, 0.3) is 21.8 Å². The summed E-state index contributed by atoms with van der Waals surface area (Å²) in [6, 6.07) is 15.3. The molecule has 0 spiro atoms. The standard InChI is InChI=1S/C20H23I2N/c1-2-15(21)12-13-16(22)11-10-14-6-5-8-18-17-7-3-4-9-19(17)23-20(14)18/h3-9,15-16,23H,2,10-13H2,1H3. The average molecular weight is 531 g/mol. The third-order valence-corrected chi connectivity index (χ3v) is 7.34.